The molecule has 0 aromatic carbocycles. The lowest BCUT2D eigenvalue weighted by molar-refractivity contribution is -0.136. The number of aliphatic imine (C=N–C) groups is 1. The molecule has 0 spiro atoms. The summed E-state index contributed by atoms with van der Waals surface area (Å²) in [6.07, 6.45) is 4.60. The number of carbonyl (C=O) groups excluding carboxylic acids is 3. The standard InChI is InChI=1S/C18H34N6O3/c1-3-18(4-2)16(27)23-13(9-8-12-22-17(19)20)15(26)21-11-7-5-6-10-14(25)24-18/h13H,3-12H2,1-2H3,(H,21,26)(H,23,27)(H,24,25)(H4,19,20,22)/t13-/m0/s1. The molecule has 0 aromatic rings. The summed E-state index contributed by atoms with van der Waals surface area (Å²) in [6.45, 7) is 4.61. The molecule has 0 saturated carbocycles. The van der Waals surface area contributed by atoms with Gasteiger partial charge in [-0.05, 0) is 38.5 Å². The van der Waals surface area contributed by atoms with E-state index in [1.165, 1.54) is 0 Å². The average molecular weight is 383 g/mol. The Bertz CT molecular complexity index is 541. The Morgan fingerprint density at radius 3 is 2.48 bits per heavy atom. The van der Waals surface area contributed by atoms with Crippen LogP contribution in [0.25, 0.3) is 0 Å². The molecule has 0 bridgehead atoms. The first kappa shape index (κ1) is 22.7. The highest BCUT2D eigenvalue weighted by molar-refractivity contribution is 5.94. The maximum atomic E-state index is 13.0. The lowest BCUT2D eigenvalue weighted by atomic mass is 9.90. The van der Waals surface area contributed by atoms with E-state index in [1.807, 2.05) is 13.8 Å². The summed E-state index contributed by atoms with van der Waals surface area (Å²) in [4.78, 5) is 41.7. The number of guanidine groups is 1. The summed E-state index contributed by atoms with van der Waals surface area (Å²) >= 11 is 0. The summed E-state index contributed by atoms with van der Waals surface area (Å²) in [7, 11) is 0. The number of hydrogen-bond acceptors (Lipinski definition) is 4. The summed E-state index contributed by atoms with van der Waals surface area (Å²) in [5.41, 5.74) is 9.62. The summed E-state index contributed by atoms with van der Waals surface area (Å²) in [6, 6.07) is -0.693. The number of nitrogens with two attached hydrogens (primary N) is 2. The van der Waals surface area contributed by atoms with Gasteiger partial charge in [-0.3, -0.25) is 19.4 Å². The van der Waals surface area contributed by atoms with Crippen LogP contribution in [0.1, 0.15) is 65.2 Å². The molecule has 154 valence electrons. The first-order chi connectivity index (χ1) is 12.8. The molecule has 7 N–H and O–H groups in total. The summed E-state index contributed by atoms with van der Waals surface area (Å²) in [5.74, 6) is -0.685. The van der Waals surface area contributed by atoms with Crippen LogP contribution in [0, 0.1) is 0 Å². The quantitative estimate of drug-likeness (QED) is 0.247. The Balaban J connectivity index is 2.95. The molecule has 0 unspecified atom stereocenters. The summed E-state index contributed by atoms with van der Waals surface area (Å²) < 4.78 is 0. The van der Waals surface area contributed by atoms with Gasteiger partial charge < -0.3 is 27.4 Å². The van der Waals surface area contributed by atoms with Gasteiger partial charge in [-0.25, -0.2) is 0 Å². The molecule has 0 radical (unpaired) electrons. The zero-order chi connectivity index (χ0) is 20.3. The van der Waals surface area contributed by atoms with Gasteiger partial charge in [0, 0.05) is 19.5 Å². The van der Waals surface area contributed by atoms with Crippen LogP contribution in [0.2, 0.25) is 0 Å². The molecule has 1 aliphatic rings. The predicted octanol–water partition coefficient (Wildman–Crippen LogP) is -0.110. The Kier molecular flexibility index (Phi) is 9.60. The first-order valence-corrected chi connectivity index (χ1v) is 9.79. The van der Waals surface area contributed by atoms with Crippen LogP contribution < -0.4 is 27.4 Å². The molecule has 1 fully saturated rings. The number of nitrogens with zero attached hydrogens (tertiary/aromatic N) is 1. The van der Waals surface area contributed by atoms with Crippen LogP contribution in [0.5, 0.6) is 0 Å². The molecule has 9 heteroatoms. The molecule has 1 rings (SSSR count). The lowest BCUT2D eigenvalue weighted by Gasteiger charge is -2.33. The monoisotopic (exact) mass is 382 g/mol. The van der Waals surface area contributed by atoms with Crippen molar-refractivity contribution in [3.63, 3.8) is 0 Å². The molecule has 3 amide bonds. The molecule has 1 heterocycles. The summed E-state index contributed by atoms with van der Waals surface area (Å²) in [5, 5.41) is 8.60. The first-order valence-electron chi connectivity index (χ1n) is 9.79. The third kappa shape index (κ3) is 7.44. The zero-order valence-corrected chi connectivity index (χ0v) is 16.5. The van der Waals surface area contributed by atoms with Gasteiger partial charge in [0.25, 0.3) is 0 Å². The second-order valence-electron chi connectivity index (χ2n) is 6.91. The minimum atomic E-state index is -1.01. The molecule has 9 nitrogen and oxygen atoms in total. The number of carbonyl (C=O) groups is 3. The van der Waals surface area contributed by atoms with Crippen molar-refractivity contribution >= 4 is 23.7 Å². The molecule has 1 saturated heterocycles. The SMILES string of the molecule is CCC1(CC)NC(=O)CCCCCNC(=O)[C@H](CCCN=C(N)N)NC1=O. The highest BCUT2D eigenvalue weighted by Gasteiger charge is 2.38. The second-order valence-corrected chi connectivity index (χ2v) is 6.91. The van der Waals surface area contributed by atoms with Gasteiger partial charge in [0.2, 0.25) is 17.7 Å². The van der Waals surface area contributed by atoms with E-state index in [-0.39, 0.29) is 23.7 Å². The van der Waals surface area contributed by atoms with E-state index < -0.39 is 11.6 Å². The number of nitrogens with one attached hydrogen (secondary N) is 3. The molecule has 1 aliphatic heterocycles. The fourth-order valence-electron chi connectivity index (χ4n) is 3.12. The highest BCUT2D eigenvalue weighted by atomic mass is 16.2. The van der Waals surface area contributed by atoms with Crippen molar-refractivity contribution in [1.29, 1.82) is 0 Å². The van der Waals surface area contributed by atoms with Gasteiger partial charge in [-0.15, -0.1) is 0 Å². The normalized spacial score (nSPS) is 21.6. The fourth-order valence-corrected chi connectivity index (χ4v) is 3.12. The zero-order valence-electron chi connectivity index (χ0n) is 16.5. The van der Waals surface area contributed by atoms with Crippen LogP contribution in [0.4, 0.5) is 0 Å². The van der Waals surface area contributed by atoms with Crippen molar-refractivity contribution in [2.24, 2.45) is 16.5 Å². The van der Waals surface area contributed by atoms with E-state index in [1.54, 1.807) is 0 Å². The van der Waals surface area contributed by atoms with Crippen LogP contribution >= 0.6 is 0 Å². The van der Waals surface area contributed by atoms with Crippen LogP contribution in [0.3, 0.4) is 0 Å². The van der Waals surface area contributed by atoms with Gasteiger partial charge >= 0.3 is 0 Å². The van der Waals surface area contributed by atoms with Gasteiger partial charge in [-0.1, -0.05) is 20.3 Å². The molecular formula is C18H34N6O3. The van der Waals surface area contributed by atoms with Crippen molar-refractivity contribution < 1.29 is 14.4 Å². The van der Waals surface area contributed by atoms with E-state index in [2.05, 4.69) is 20.9 Å². The van der Waals surface area contributed by atoms with Crippen molar-refractivity contribution in [3.05, 3.63) is 0 Å². The fraction of sp³-hybridized carbons (Fsp3) is 0.778. The van der Waals surface area contributed by atoms with Gasteiger partial charge in [-0.2, -0.15) is 0 Å². The largest absolute Gasteiger partial charge is 0.370 e. The van der Waals surface area contributed by atoms with Gasteiger partial charge in [0.15, 0.2) is 5.96 Å². The van der Waals surface area contributed by atoms with E-state index in [0.29, 0.717) is 45.2 Å². The lowest BCUT2D eigenvalue weighted by Crippen LogP contribution is -2.61. The maximum Gasteiger partial charge on any atom is 0.246 e. The third-order valence-corrected chi connectivity index (χ3v) is 4.97. The molecule has 1 atom stereocenters. The average Bonchev–Trinajstić information content (AvgIpc) is 2.64. The van der Waals surface area contributed by atoms with Gasteiger partial charge in [0.1, 0.15) is 11.6 Å². The van der Waals surface area contributed by atoms with Crippen molar-refractivity contribution in [2.75, 3.05) is 13.1 Å². The Morgan fingerprint density at radius 1 is 1.15 bits per heavy atom. The van der Waals surface area contributed by atoms with Crippen LogP contribution in [0.15, 0.2) is 4.99 Å². The van der Waals surface area contributed by atoms with Crippen molar-refractivity contribution in [2.45, 2.75) is 76.8 Å². The Hall–Kier alpha value is -2.32. The second kappa shape index (κ2) is 11.4. The van der Waals surface area contributed by atoms with E-state index in [4.69, 9.17) is 11.5 Å². The molecule has 0 aromatic heterocycles. The minimum Gasteiger partial charge on any atom is -0.370 e. The van der Waals surface area contributed by atoms with Crippen molar-refractivity contribution in [3.8, 4) is 0 Å². The minimum absolute atomic E-state index is 0.00266. The molecular weight excluding hydrogens is 348 g/mol. The van der Waals surface area contributed by atoms with Crippen molar-refractivity contribution in [1.82, 2.24) is 16.0 Å². The molecule has 27 heavy (non-hydrogen) atoms. The van der Waals surface area contributed by atoms with Crippen LogP contribution in [-0.2, 0) is 14.4 Å². The smallest absolute Gasteiger partial charge is 0.246 e. The van der Waals surface area contributed by atoms with E-state index in [9.17, 15) is 14.4 Å². The van der Waals surface area contributed by atoms with Gasteiger partial charge in [0.05, 0.1) is 0 Å². The third-order valence-electron chi connectivity index (χ3n) is 4.97. The number of hydrogen-bond donors (Lipinski definition) is 5. The predicted molar refractivity (Wildman–Crippen MR) is 105 cm³/mol. The Labute approximate surface area is 161 Å². The topological polar surface area (TPSA) is 152 Å². The number of rotatable bonds is 6. The number of amides is 3. The maximum absolute atomic E-state index is 13.0. The molecule has 0 aliphatic carbocycles. The van der Waals surface area contributed by atoms with E-state index >= 15 is 0 Å². The highest BCUT2D eigenvalue weighted by Crippen LogP contribution is 2.17. The van der Waals surface area contributed by atoms with E-state index in [0.717, 1.165) is 19.3 Å². The van der Waals surface area contributed by atoms with Crippen LogP contribution in [-0.4, -0.2) is 48.4 Å². The Morgan fingerprint density at radius 2 is 1.85 bits per heavy atom.